The number of carbonyl (C=O) groups is 1. The lowest BCUT2D eigenvalue weighted by Crippen LogP contribution is -2.32. The van der Waals surface area contributed by atoms with Gasteiger partial charge in [-0.1, -0.05) is 37.3 Å². The van der Waals surface area contributed by atoms with Gasteiger partial charge in [-0.15, -0.1) is 0 Å². The Bertz CT molecular complexity index is 1230. The van der Waals surface area contributed by atoms with Crippen molar-refractivity contribution in [3.8, 4) is 5.75 Å². The number of hydrogen-bond acceptors (Lipinski definition) is 5. The van der Waals surface area contributed by atoms with E-state index in [9.17, 15) is 4.79 Å². The first-order chi connectivity index (χ1) is 14.5. The predicted octanol–water partition coefficient (Wildman–Crippen LogP) is 3.75. The molecule has 2 heterocycles. The number of aromatic nitrogens is 3. The van der Waals surface area contributed by atoms with Crippen molar-refractivity contribution in [1.29, 1.82) is 0 Å². The number of nitrogens with two attached hydrogens (primary N) is 1. The normalized spacial score (nSPS) is 12.2. The van der Waals surface area contributed by atoms with E-state index >= 15 is 0 Å². The topological polar surface area (TPSA) is 95.1 Å². The fraction of sp³-hybridized carbons (Fsp3) is 0.261. The Labute approximate surface area is 174 Å². The number of carbonyl (C=O) groups excluding carboxylic acids is 1. The summed E-state index contributed by atoms with van der Waals surface area (Å²) in [5.74, 6) is 0.848. The number of rotatable bonds is 6. The van der Waals surface area contributed by atoms with Crippen LogP contribution in [0.2, 0.25) is 0 Å². The molecular formula is C23H25N5O2. The van der Waals surface area contributed by atoms with E-state index < -0.39 is 0 Å². The van der Waals surface area contributed by atoms with Crippen LogP contribution in [0, 0.1) is 0 Å². The van der Waals surface area contributed by atoms with Gasteiger partial charge in [-0.05, 0) is 31.5 Å². The van der Waals surface area contributed by atoms with Crippen molar-refractivity contribution < 1.29 is 9.53 Å². The molecule has 3 N–H and O–H groups in total. The summed E-state index contributed by atoms with van der Waals surface area (Å²) in [6.45, 7) is 4.39. The van der Waals surface area contributed by atoms with E-state index in [-0.39, 0.29) is 11.9 Å². The van der Waals surface area contributed by atoms with Gasteiger partial charge in [0.05, 0.1) is 24.7 Å². The Balaban J connectivity index is 1.93. The quantitative estimate of drug-likeness (QED) is 0.511. The first-order valence-electron chi connectivity index (χ1n) is 10.0. The summed E-state index contributed by atoms with van der Waals surface area (Å²) in [4.78, 5) is 22.6. The van der Waals surface area contributed by atoms with Crippen LogP contribution >= 0.6 is 0 Å². The molecule has 0 unspecified atom stereocenters. The Morgan fingerprint density at radius 1 is 1.13 bits per heavy atom. The van der Waals surface area contributed by atoms with Crippen molar-refractivity contribution >= 4 is 33.9 Å². The molecule has 30 heavy (non-hydrogen) atoms. The number of methoxy groups -OCH3 is 1. The fourth-order valence-electron chi connectivity index (χ4n) is 3.50. The maximum absolute atomic E-state index is 13.1. The molecule has 154 valence electrons. The summed E-state index contributed by atoms with van der Waals surface area (Å²) in [6, 6.07) is 15.3. The number of para-hydroxylation sites is 3. The number of anilines is 1. The van der Waals surface area contributed by atoms with Gasteiger partial charge in [0.1, 0.15) is 22.6 Å². The van der Waals surface area contributed by atoms with Crippen LogP contribution in [0.15, 0.2) is 48.5 Å². The summed E-state index contributed by atoms with van der Waals surface area (Å²) >= 11 is 0. The van der Waals surface area contributed by atoms with Crippen molar-refractivity contribution in [1.82, 2.24) is 19.9 Å². The first-order valence-corrected chi connectivity index (χ1v) is 10.0. The van der Waals surface area contributed by atoms with Crippen LogP contribution in [0.5, 0.6) is 5.75 Å². The second kappa shape index (κ2) is 8.02. The Hall–Kier alpha value is -3.61. The van der Waals surface area contributed by atoms with Gasteiger partial charge in [0, 0.05) is 11.6 Å². The lowest BCUT2D eigenvalue weighted by atomic mass is 10.2. The van der Waals surface area contributed by atoms with Crippen molar-refractivity contribution in [2.45, 2.75) is 32.9 Å². The summed E-state index contributed by atoms with van der Waals surface area (Å²) in [5.41, 5.74) is 10.4. The summed E-state index contributed by atoms with van der Waals surface area (Å²) in [5, 5.41) is 3.00. The average Bonchev–Trinajstić information content (AvgIpc) is 3.02. The zero-order valence-electron chi connectivity index (χ0n) is 17.3. The largest absolute Gasteiger partial charge is 0.496 e. The number of benzene rings is 2. The molecule has 7 nitrogen and oxygen atoms in total. The zero-order chi connectivity index (χ0) is 21.3. The minimum absolute atomic E-state index is 0.0259. The minimum atomic E-state index is -0.241. The summed E-state index contributed by atoms with van der Waals surface area (Å²) < 4.78 is 7.32. The second-order valence-corrected chi connectivity index (χ2v) is 7.33. The van der Waals surface area contributed by atoms with Crippen LogP contribution in [0.3, 0.4) is 0 Å². The Morgan fingerprint density at radius 2 is 1.80 bits per heavy atom. The van der Waals surface area contributed by atoms with Crippen LogP contribution in [-0.2, 0) is 6.54 Å². The third kappa shape index (κ3) is 3.43. The number of fused-ring (bicyclic) bond motifs is 2. The highest BCUT2D eigenvalue weighted by Gasteiger charge is 2.25. The molecule has 2 aromatic heterocycles. The number of amides is 1. The number of nitrogen functional groups attached to an aromatic ring is 1. The number of nitrogens with zero attached hydrogens (tertiary/aromatic N) is 3. The molecule has 1 amide bonds. The predicted molar refractivity (Wildman–Crippen MR) is 119 cm³/mol. The highest BCUT2D eigenvalue weighted by molar-refractivity contribution is 6.10. The van der Waals surface area contributed by atoms with E-state index in [4.69, 9.17) is 20.4 Å². The Kier molecular flexibility index (Phi) is 5.27. The lowest BCUT2D eigenvalue weighted by molar-refractivity contribution is 0.0941. The third-order valence-electron chi connectivity index (χ3n) is 5.33. The second-order valence-electron chi connectivity index (χ2n) is 7.33. The van der Waals surface area contributed by atoms with E-state index in [0.717, 1.165) is 28.8 Å². The molecule has 0 aliphatic rings. The van der Waals surface area contributed by atoms with Gasteiger partial charge in [-0.2, -0.15) is 0 Å². The molecule has 0 spiro atoms. The van der Waals surface area contributed by atoms with Crippen LogP contribution in [0.4, 0.5) is 5.82 Å². The van der Waals surface area contributed by atoms with E-state index in [0.29, 0.717) is 29.1 Å². The van der Waals surface area contributed by atoms with Crippen molar-refractivity contribution in [3.63, 3.8) is 0 Å². The molecule has 1 atom stereocenters. The summed E-state index contributed by atoms with van der Waals surface area (Å²) in [6.07, 6.45) is 0.820. The van der Waals surface area contributed by atoms with Gasteiger partial charge < -0.3 is 20.4 Å². The molecular weight excluding hydrogens is 378 g/mol. The molecule has 0 fully saturated rings. The van der Waals surface area contributed by atoms with E-state index in [2.05, 4.69) is 5.32 Å². The van der Waals surface area contributed by atoms with Gasteiger partial charge in [-0.25, -0.2) is 9.97 Å². The van der Waals surface area contributed by atoms with E-state index in [1.54, 1.807) is 7.11 Å². The molecule has 4 rings (SSSR count). The van der Waals surface area contributed by atoms with Gasteiger partial charge >= 0.3 is 0 Å². The molecule has 0 bridgehead atoms. The lowest BCUT2D eigenvalue weighted by Gasteiger charge is -2.12. The smallest absolute Gasteiger partial charge is 0.257 e. The zero-order valence-corrected chi connectivity index (χ0v) is 17.3. The van der Waals surface area contributed by atoms with Crippen molar-refractivity contribution in [3.05, 3.63) is 59.7 Å². The number of ether oxygens (including phenoxy) is 1. The highest BCUT2D eigenvalue weighted by Crippen LogP contribution is 2.30. The molecule has 0 saturated carbocycles. The molecule has 0 saturated heterocycles. The van der Waals surface area contributed by atoms with Crippen LogP contribution in [-0.4, -0.2) is 33.6 Å². The van der Waals surface area contributed by atoms with Crippen molar-refractivity contribution in [2.75, 3.05) is 12.8 Å². The highest BCUT2D eigenvalue weighted by atomic mass is 16.5. The molecule has 7 heteroatoms. The van der Waals surface area contributed by atoms with Crippen LogP contribution < -0.4 is 15.8 Å². The van der Waals surface area contributed by atoms with E-state index in [1.807, 2.05) is 66.9 Å². The maximum Gasteiger partial charge on any atom is 0.257 e. The monoisotopic (exact) mass is 403 g/mol. The van der Waals surface area contributed by atoms with Crippen LogP contribution in [0.25, 0.3) is 22.2 Å². The van der Waals surface area contributed by atoms with Gasteiger partial charge in [0.15, 0.2) is 5.65 Å². The fourth-order valence-corrected chi connectivity index (χ4v) is 3.50. The van der Waals surface area contributed by atoms with Gasteiger partial charge in [0.25, 0.3) is 5.91 Å². The Morgan fingerprint density at radius 3 is 2.50 bits per heavy atom. The number of hydrogen-bond donors (Lipinski definition) is 2. The molecule has 0 aliphatic heterocycles. The van der Waals surface area contributed by atoms with Crippen molar-refractivity contribution in [2.24, 2.45) is 0 Å². The maximum atomic E-state index is 13.1. The average molecular weight is 403 g/mol. The van der Waals surface area contributed by atoms with Crippen LogP contribution in [0.1, 0.15) is 36.2 Å². The minimum Gasteiger partial charge on any atom is -0.496 e. The standard InChI is InChI=1S/C23H25N5O2/c1-4-14(2)25-23(29)19-20-22(27-17-11-7-6-10-16(17)26-20)28(21(19)24)13-15-9-5-8-12-18(15)30-3/h5-12,14H,4,13,24H2,1-3H3,(H,25,29)/t14-/m0/s1. The molecule has 0 aliphatic carbocycles. The number of nitrogens with one attached hydrogen (secondary N) is 1. The third-order valence-corrected chi connectivity index (χ3v) is 5.33. The van der Waals surface area contributed by atoms with E-state index in [1.165, 1.54) is 0 Å². The van der Waals surface area contributed by atoms with Gasteiger partial charge in [-0.3, -0.25) is 4.79 Å². The SMILES string of the molecule is CC[C@H](C)NC(=O)c1c(N)n(Cc2ccccc2OC)c2nc3ccccc3nc12. The first kappa shape index (κ1) is 19.7. The molecule has 2 aromatic carbocycles. The molecule has 4 aromatic rings. The molecule has 0 radical (unpaired) electrons. The summed E-state index contributed by atoms with van der Waals surface area (Å²) in [7, 11) is 1.63. The van der Waals surface area contributed by atoms with Gasteiger partial charge in [0.2, 0.25) is 0 Å².